The molecule has 0 rings (SSSR count). The van der Waals surface area contributed by atoms with Crippen LogP contribution in [0.3, 0.4) is 0 Å². The van der Waals surface area contributed by atoms with E-state index in [-0.39, 0.29) is 11.9 Å². The average molecular weight is 241 g/mol. The van der Waals surface area contributed by atoms with Crippen LogP contribution in [-0.4, -0.2) is 50.2 Å². The van der Waals surface area contributed by atoms with E-state index in [0.717, 1.165) is 6.08 Å². The van der Waals surface area contributed by atoms with Gasteiger partial charge in [0.25, 0.3) is 10.1 Å². The highest BCUT2D eigenvalue weighted by atomic mass is 32.2. The molecule has 0 aliphatic carbocycles. The van der Waals surface area contributed by atoms with Crippen LogP contribution in [0.5, 0.6) is 0 Å². The molecule has 0 aromatic rings. The van der Waals surface area contributed by atoms with Crippen molar-refractivity contribution in [1.82, 2.24) is 11.1 Å². The Morgan fingerprint density at radius 3 is 1.93 bits per heavy atom. The van der Waals surface area contributed by atoms with Gasteiger partial charge < -0.3 is 16.8 Å². The summed E-state index contributed by atoms with van der Waals surface area (Å²) in [5, 5.41) is 0. The first-order valence-corrected chi connectivity index (χ1v) is 5.31. The highest BCUT2D eigenvalue weighted by Crippen LogP contribution is 1.82. The Morgan fingerprint density at radius 1 is 1.53 bits per heavy atom. The van der Waals surface area contributed by atoms with E-state index in [1.807, 2.05) is 0 Å². The van der Waals surface area contributed by atoms with Gasteiger partial charge in [0.15, 0.2) is 0 Å². The number of nitrogens with zero attached hydrogens (tertiary/aromatic N) is 1. The maximum atomic E-state index is 10.1. The lowest BCUT2D eigenvalue weighted by atomic mass is 10.6. The number of rotatable bonds is 4. The van der Waals surface area contributed by atoms with Gasteiger partial charge >= 0.3 is 0 Å². The molecule has 0 heterocycles. The fraction of sp³-hybridized carbons (Fsp3) is 0.571. The summed E-state index contributed by atoms with van der Waals surface area (Å²) in [7, 11) is -0.278. The molecule has 0 aliphatic heterocycles. The normalized spacial score (nSPS) is 9.60. The lowest BCUT2D eigenvalue weighted by molar-refractivity contribution is -0.113. The Kier molecular flexibility index (Phi) is 12.5. The first-order chi connectivity index (χ1) is 6.19. The Labute approximate surface area is 90.3 Å². The van der Waals surface area contributed by atoms with E-state index in [0.29, 0.717) is 6.54 Å². The van der Waals surface area contributed by atoms with Gasteiger partial charge in [-0.1, -0.05) is 6.58 Å². The molecular formula is C7H19N3O4S. The van der Waals surface area contributed by atoms with Gasteiger partial charge in [-0.2, -0.15) is 8.42 Å². The minimum atomic E-state index is -3.76. The molecule has 7 nitrogen and oxygen atoms in total. The molecule has 6 N–H and O–H groups in total. The fourth-order valence-corrected chi connectivity index (χ4v) is 0.894. The number of hydrogen-bond acceptors (Lipinski definition) is 5. The molecule has 0 fully saturated rings. The third kappa shape index (κ3) is 32.1. The number of hydrogen-bond donors (Lipinski definition) is 3. The maximum Gasteiger partial charge on any atom is 0.266 e. The Hall–Kier alpha value is -0.960. The molecule has 0 aromatic heterocycles. The molecule has 0 aromatic carbocycles. The van der Waals surface area contributed by atoms with E-state index >= 15 is 0 Å². The van der Waals surface area contributed by atoms with Gasteiger partial charge in [-0.3, -0.25) is 9.35 Å². The zero-order chi connectivity index (χ0) is 11.8. The van der Waals surface area contributed by atoms with Crippen molar-refractivity contribution >= 4 is 16.0 Å². The molecule has 0 radical (unpaired) electrons. The number of nitrogens with two attached hydrogens (primary N) is 1. The van der Waals surface area contributed by atoms with Crippen LogP contribution < -0.4 is 11.9 Å². The largest absolute Gasteiger partial charge is 0.366 e. The van der Waals surface area contributed by atoms with Gasteiger partial charge in [0.2, 0.25) is 5.91 Å². The summed E-state index contributed by atoms with van der Waals surface area (Å²) in [6.45, 7) is 3.45. The molecule has 92 valence electrons. The minimum absolute atomic E-state index is 0. The van der Waals surface area contributed by atoms with Crippen LogP contribution in [-0.2, 0) is 14.9 Å². The molecular weight excluding hydrogens is 222 g/mol. The maximum absolute atomic E-state index is 10.1. The standard InChI is InChI=1S/C4H11NO3S.C3H5NO.H3N/c1-5(2)3-4-9(6,7)8;1-2-3(4)5;/h3-4H2,1-2H3,(H,6,7,8);2H,1H2,(H2,4,5);1H3. The fourth-order valence-electron chi connectivity index (χ4n) is 0.298. The topological polar surface area (TPSA) is 136 Å². The SMILES string of the molecule is C=CC(N)=O.CN(C)CCS(=O)(=O)O.N. The molecule has 0 bridgehead atoms. The molecule has 8 heteroatoms. The second-order valence-corrected chi connectivity index (χ2v) is 4.27. The van der Waals surface area contributed by atoms with Crippen molar-refractivity contribution in [3.63, 3.8) is 0 Å². The summed E-state index contributed by atoms with van der Waals surface area (Å²) < 4.78 is 28.3. The van der Waals surface area contributed by atoms with E-state index in [9.17, 15) is 13.2 Å². The zero-order valence-corrected chi connectivity index (χ0v) is 9.83. The number of primary amides is 1. The summed E-state index contributed by atoms with van der Waals surface area (Å²) in [4.78, 5) is 11.2. The summed E-state index contributed by atoms with van der Waals surface area (Å²) in [5.41, 5.74) is 4.53. The monoisotopic (exact) mass is 241 g/mol. The van der Waals surface area contributed by atoms with Crippen molar-refractivity contribution in [2.75, 3.05) is 26.4 Å². The van der Waals surface area contributed by atoms with Gasteiger partial charge in [-0.25, -0.2) is 0 Å². The van der Waals surface area contributed by atoms with Crippen molar-refractivity contribution in [1.29, 1.82) is 0 Å². The van der Waals surface area contributed by atoms with E-state index in [1.165, 1.54) is 0 Å². The highest BCUT2D eigenvalue weighted by Gasteiger charge is 2.03. The van der Waals surface area contributed by atoms with Crippen LogP contribution in [0.15, 0.2) is 12.7 Å². The van der Waals surface area contributed by atoms with Gasteiger partial charge in [-0.15, -0.1) is 0 Å². The first-order valence-electron chi connectivity index (χ1n) is 3.70. The van der Waals surface area contributed by atoms with Crippen LogP contribution in [0.25, 0.3) is 0 Å². The summed E-state index contributed by atoms with van der Waals surface area (Å²) in [6, 6.07) is 0. The van der Waals surface area contributed by atoms with Crippen LogP contribution in [0, 0.1) is 0 Å². The molecule has 1 amide bonds. The first kappa shape index (κ1) is 19.6. The average Bonchev–Trinajstić information content (AvgIpc) is 2.01. The summed E-state index contributed by atoms with van der Waals surface area (Å²) in [5.74, 6) is -0.676. The molecule has 15 heavy (non-hydrogen) atoms. The van der Waals surface area contributed by atoms with E-state index in [1.54, 1.807) is 19.0 Å². The molecule has 0 saturated heterocycles. The minimum Gasteiger partial charge on any atom is -0.366 e. The van der Waals surface area contributed by atoms with E-state index in [2.05, 4.69) is 12.3 Å². The van der Waals surface area contributed by atoms with Crippen LogP contribution in [0.2, 0.25) is 0 Å². The highest BCUT2D eigenvalue weighted by molar-refractivity contribution is 7.85. The van der Waals surface area contributed by atoms with Gasteiger partial charge in [-0.05, 0) is 20.2 Å². The Bertz CT molecular complexity index is 274. The lowest BCUT2D eigenvalue weighted by Gasteiger charge is -2.05. The van der Waals surface area contributed by atoms with Crippen molar-refractivity contribution < 1.29 is 17.8 Å². The van der Waals surface area contributed by atoms with Gasteiger partial charge in [0.05, 0.1) is 5.75 Å². The molecule has 0 unspecified atom stereocenters. The number of carbonyl (C=O) groups excluding carboxylic acids is 1. The van der Waals surface area contributed by atoms with Gasteiger partial charge in [0, 0.05) is 6.54 Å². The lowest BCUT2D eigenvalue weighted by Crippen LogP contribution is -2.21. The van der Waals surface area contributed by atoms with Crippen molar-refractivity contribution in [3.05, 3.63) is 12.7 Å². The predicted octanol–water partition coefficient (Wildman–Crippen LogP) is -0.744. The third-order valence-electron chi connectivity index (χ3n) is 0.998. The third-order valence-corrected chi connectivity index (χ3v) is 1.70. The predicted molar refractivity (Wildman–Crippen MR) is 59.4 cm³/mol. The summed E-state index contributed by atoms with van der Waals surface area (Å²) >= 11 is 0. The quantitative estimate of drug-likeness (QED) is 0.438. The van der Waals surface area contributed by atoms with Gasteiger partial charge in [0.1, 0.15) is 0 Å². The van der Waals surface area contributed by atoms with Crippen LogP contribution >= 0.6 is 0 Å². The molecule has 0 spiro atoms. The second-order valence-electron chi connectivity index (χ2n) is 2.70. The second kappa shape index (κ2) is 9.59. The zero-order valence-electron chi connectivity index (χ0n) is 9.01. The Morgan fingerprint density at radius 2 is 1.87 bits per heavy atom. The number of amides is 1. The van der Waals surface area contributed by atoms with Crippen LogP contribution in [0.4, 0.5) is 0 Å². The molecule has 0 aliphatic rings. The summed E-state index contributed by atoms with van der Waals surface area (Å²) in [6.07, 6.45) is 1.06. The molecule has 0 saturated carbocycles. The number of carbonyl (C=O) groups is 1. The van der Waals surface area contributed by atoms with E-state index < -0.39 is 16.0 Å². The van der Waals surface area contributed by atoms with Crippen LogP contribution in [0.1, 0.15) is 0 Å². The van der Waals surface area contributed by atoms with E-state index in [4.69, 9.17) is 4.55 Å². The van der Waals surface area contributed by atoms with Crippen molar-refractivity contribution in [2.45, 2.75) is 0 Å². The smallest absolute Gasteiger partial charge is 0.266 e. The van der Waals surface area contributed by atoms with Crippen molar-refractivity contribution in [2.24, 2.45) is 5.73 Å². The Balaban J connectivity index is -0.000000208. The van der Waals surface area contributed by atoms with Crippen molar-refractivity contribution in [3.8, 4) is 0 Å². The molecule has 0 atom stereocenters.